The molecule has 0 rings (SSSR count). The topological polar surface area (TPSA) is 50.4 Å². The summed E-state index contributed by atoms with van der Waals surface area (Å²) in [5.41, 5.74) is 0. The lowest BCUT2D eigenvalue weighted by Gasteiger charge is -2.22. The minimum absolute atomic E-state index is 0.0767. The number of nitrogens with one attached hydrogen (secondary N) is 2. The van der Waals surface area contributed by atoms with E-state index in [-0.39, 0.29) is 18.0 Å². The maximum atomic E-state index is 11.9. The Morgan fingerprint density at radius 2 is 1.89 bits per heavy atom. The van der Waals surface area contributed by atoms with Crippen LogP contribution in [-0.2, 0) is 9.53 Å². The molecule has 2 N–H and O–H groups in total. The largest absolute Gasteiger partial charge is 0.383 e. The van der Waals surface area contributed by atoms with Crippen LogP contribution in [0.3, 0.4) is 0 Å². The molecule has 4 nitrogen and oxygen atoms in total. The summed E-state index contributed by atoms with van der Waals surface area (Å²) in [6, 6.07) is 0.0923. The molecular weight excluding hydrogens is 228 g/mol. The molecular formula is C14H30N2O2. The summed E-state index contributed by atoms with van der Waals surface area (Å²) < 4.78 is 5.16. The van der Waals surface area contributed by atoms with Gasteiger partial charge in [0.1, 0.15) is 0 Å². The third-order valence-electron chi connectivity index (χ3n) is 2.90. The average molecular weight is 258 g/mol. The Kier molecular flexibility index (Phi) is 9.98. The van der Waals surface area contributed by atoms with E-state index >= 15 is 0 Å². The number of carbonyl (C=O) groups is 1. The number of hydrogen-bond donors (Lipinski definition) is 2. The fraction of sp³-hybridized carbons (Fsp3) is 0.929. The molecule has 0 aliphatic heterocycles. The first-order chi connectivity index (χ1) is 8.51. The lowest BCUT2D eigenvalue weighted by atomic mass is 10.1. The molecule has 0 aromatic rings. The van der Waals surface area contributed by atoms with Gasteiger partial charge in [0, 0.05) is 19.7 Å². The van der Waals surface area contributed by atoms with Gasteiger partial charge in [-0.25, -0.2) is 0 Å². The minimum atomic E-state index is -0.163. The van der Waals surface area contributed by atoms with Crippen LogP contribution in [0.2, 0.25) is 0 Å². The summed E-state index contributed by atoms with van der Waals surface area (Å²) in [4.78, 5) is 11.9. The smallest absolute Gasteiger partial charge is 0.236 e. The zero-order valence-electron chi connectivity index (χ0n) is 12.6. The molecule has 1 amide bonds. The van der Waals surface area contributed by atoms with Gasteiger partial charge in [-0.1, -0.05) is 27.2 Å². The van der Waals surface area contributed by atoms with E-state index in [1.54, 1.807) is 7.11 Å². The number of ether oxygens (including phenoxy) is 1. The van der Waals surface area contributed by atoms with Crippen LogP contribution in [0.15, 0.2) is 0 Å². The lowest BCUT2D eigenvalue weighted by molar-refractivity contribution is -0.123. The van der Waals surface area contributed by atoms with Crippen molar-refractivity contribution in [1.29, 1.82) is 0 Å². The van der Waals surface area contributed by atoms with E-state index in [4.69, 9.17) is 4.74 Å². The molecule has 0 heterocycles. The number of rotatable bonds is 10. The molecule has 2 atom stereocenters. The van der Waals surface area contributed by atoms with Crippen LogP contribution in [0.1, 0.15) is 47.0 Å². The first-order valence-electron chi connectivity index (χ1n) is 7.03. The molecule has 0 aromatic heterocycles. The lowest BCUT2D eigenvalue weighted by Crippen LogP contribution is -2.48. The molecule has 0 aromatic carbocycles. The maximum Gasteiger partial charge on any atom is 0.236 e. The van der Waals surface area contributed by atoms with Crippen LogP contribution in [-0.4, -0.2) is 38.3 Å². The molecule has 0 saturated heterocycles. The first-order valence-corrected chi connectivity index (χ1v) is 7.03. The van der Waals surface area contributed by atoms with Crippen molar-refractivity contribution in [3.05, 3.63) is 0 Å². The standard InChI is InChI=1S/C14H30N2O2/c1-6-7-13(10-18-5)16-12(4)14(17)15-9-8-11(2)3/h11-13,16H,6-10H2,1-5H3,(H,15,17). The van der Waals surface area contributed by atoms with E-state index in [1.165, 1.54) is 0 Å². The summed E-state index contributed by atoms with van der Waals surface area (Å²) in [5, 5.41) is 6.28. The predicted molar refractivity (Wildman–Crippen MR) is 75.6 cm³/mol. The highest BCUT2D eigenvalue weighted by Gasteiger charge is 2.16. The fourth-order valence-corrected chi connectivity index (χ4v) is 1.83. The minimum Gasteiger partial charge on any atom is -0.383 e. The monoisotopic (exact) mass is 258 g/mol. The maximum absolute atomic E-state index is 11.9. The highest BCUT2D eigenvalue weighted by atomic mass is 16.5. The van der Waals surface area contributed by atoms with Gasteiger partial charge >= 0.3 is 0 Å². The third kappa shape index (κ3) is 8.48. The van der Waals surface area contributed by atoms with Crippen molar-refractivity contribution < 1.29 is 9.53 Å². The Hall–Kier alpha value is -0.610. The summed E-state index contributed by atoms with van der Waals surface area (Å²) in [6.45, 7) is 9.76. The van der Waals surface area contributed by atoms with E-state index in [0.29, 0.717) is 12.5 Å². The SMILES string of the molecule is CCCC(COC)NC(C)C(=O)NCCC(C)C. The molecule has 0 aliphatic rings. The zero-order valence-corrected chi connectivity index (χ0v) is 12.6. The van der Waals surface area contributed by atoms with Crippen LogP contribution in [0, 0.1) is 5.92 Å². The number of carbonyl (C=O) groups excluding carboxylic acids is 1. The number of amides is 1. The Bertz CT molecular complexity index is 214. The Labute approximate surface area is 112 Å². The first kappa shape index (κ1) is 17.4. The Balaban J connectivity index is 3.95. The van der Waals surface area contributed by atoms with E-state index in [1.807, 2.05) is 6.92 Å². The fourth-order valence-electron chi connectivity index (χ4n) is 1.83. The van der Waals surface area contributed by atoms with E-state index in [2.05, 4.69) is 31.4 Å². The second-order valence-corrected chi connectivity index (χ2v) is 5.30. The highest BCUT2D eigenvalue weighted by Crippen LogP contribution is 2.00. The average Bonchev–Trinajstić information content (AvgIpc) is 2.28. The van der Waals surface area contributed by atoms with Gasteiger partial charge in [-0.15, -0.1) is 0 Å². The van der Waals surface area contributed by atoms with Gasteiger partial charge in [0.15, 0.2) is 0 Å². The highest BCUT2D eigenvalue weighted by molar-refractivity contribution is 5.81. The summed E-state index contributed by atoms with van der Waals surface area (Å²) >= 11 is 0. The molecule has 2 unspecified atom stereocenters. The Morgan fingerprint density at radius 1 is 1.22 bits per heavy atom. The van der Waals surface area contributed by atoms with E-state index in [0.717, 1.165) is 25.8 Å². The number of hydrogen-bond acceptors (Lipinski definition) is 3. The molecule has 0 aliphatic carbocycles. The van der Waals surface area contributed by atoms with Crippen LogP contribution < -0.4 is 10.6 Å². The van der Waals surface area contributed by atoms with Crippen LogP contribution in [0.4, 0.5) is 0 Å². The predicted octanol–water partition coefficient (Wildman–Crippen LogP) is 1.94. The van der Waals surface area contributed by atoms with Gasteiger partial charge in [0.05, 0.1) is 12.6 Å². The van der Waals surface area contributed by atoms with Crippen molar-refractivity contribution in [2.75, 3.05) is 20.3 Å². The van der Waals surface area contributed by atoms with Crippen molar-refractivity contribution in [3.63, 3.8) is 0 Å². The van der Waals surface area contributed by atoms with Crippen LogP contribution >= 0.6 is 0 Å². The molecule has 0 spiro atoms. The summed E-state index contributed by atoms with van der Waals surface area (Å²) in [5.74, 6) is 0.697. The molecule has 0 fully saturated rings. The van der Waals surface area contributed by atoms with E-state index in [9.17, 15) is 4.79 Å². The Morgan fingerprint density at radius 3 is 2.39 bits per heavy atom. The van der Waals surface area contributed by atoms with Crippen molar-refractivity contribution in [2.45, 2.75) is 59.0 Å². The summed E-state index contributed by atoms with van der Waals surface area (Å²) in [6.07, 6.45) is 3.13. The quantitative estimate of drug-likeness (QED) is 0.629. The van der Waals surface area contributed by atoms with Crippen molar-refractivity contribution in [2.24, 2.45) is 5.92 Å². The van der Waals surface area contributed by atoms with Gasteiger partial charge in [0.2, 0.25) is 5.91 Å². The molecule has 0 saturated carbocycles. The van der Waals surface area contributed by atoms with Gasteiger partial charge in [-0.3, -0.25) is 4.79 Å². The second kappa shape index (κ2) is 10.3. The van der Waals surface area contributed by atoms with E-state index < -0.39 is 0 Å². The van der Waals surface area contributed by atoms with Gasteiger partial charge in [0.25, 0.3) is 0 Å². The number of methoxy groups -OCH3 is 1. The van der Waals surface area contributed by atoms with Crippen LogP contribution in [0.25, 0.3) is 0 Å². The van der Waals surface area contributed by atoms with Crippen molar-refractivity contribution in [1.82, 2.24) is 10.6 Å². The molecule has 0 bridgehead atoms. The van der Waals surface area contributed by atoms with Gasteiger partial charge < -0.3 is 15.4 Å². The molecule has 0 radical (unpaired) electrons. The molecule has 4 heteroatoms. The van der Waals surface area contributed by atoms with Crippen LogP contribution in [0.5, 0.6) is 0 Å². The van der Waals surface area contributed by atoms with Gasteiger partial charge in [-0.05, 0) is 25.7 Å². The zero-order chi connectivity index (χ0) is 14.0. The third-order valence-corrected chi connectivity index (χ3v) is 2.90. The molecule has 108 valence electrons. The normalized spacial score (nSPS) is 14.6. The summed E-state index contributed by atoms with van der Waals surface area (Å²) in [7, 11) is 1.69. The molecule has 18 heavy (non-hydrogen) atoms. The second-order valence-electron chi connectivity index (χ2n) is 5.30. The van der Waals surface area contributed by atoms with Crippen molar-refractivity contribution in [3.8, 4) is 0 Å². The van der Waals surface area contributed by atoms with Crippen molar-refractivity contribution >= 4 is 5.91 Å². The van der Waals surface area contributed by atoms with Gasteiger partial charge in [-0.2, -0.15) is 0 Å².